The van der Waals surface area contributed by atoms with Crippen molar-refractivity contribution in [1.82, 2.24) is 0 Å². The van der Waals surface area contributed by atoms with Crippen LogP contribution in [0.2, 0.25) is 0 Å². The van der Waals surface area contributed by atoms with Crippen LogP contribution in [0.5, 0.6) is 5.75 Å². The summed E-state index contributed by atoms with van der Waals surface area (Å²) in [4.78, 5) is 61.1. The lowest BCUT2D eigenvalue weighted by Crippen LogP contribution is -2.24. The number of amides is 1. The van der Waals surface area contributed by atoms with Crippen molar-refractivity contribution in [2.24, 2.45) is 0 Å². The van der Waals surface area contributed by atoms with Crippen LogP contribution in [0.4, 0.5) is 5.69 Å². The zero-order valence-electron chi connectivity index (χ0n) is 21.0. The third-order valence-electron chi connectivity index (χ3n) is 5.43. The molecule has 3 aromatic carbocycles. The van der Waals surface area contributed by atoms with Gasteiger partial charge >= 0.3 is 11.9 Å². The van der Waals surface area contributed by atoms with Gasteiger partial charge in [-0.25, -0.2) is 4.79 Å². The Bertz CT molecular complexity index is 1300. The van der Waals surface area contributed by atoms with Crippen LogP contribution in [0.1, 0.15) is 50.8 Å². The number of esters is 2. The van der Waals surface area contributed by atoms with E-state index in [0.29, 0.717) is 22.6 Å². The first-order valence-electron chi connectivity index (χ1n) is 11.8. The Balaban J connectivity index is 1.41. The number of benzene rings is 3. The van der Waals surface area contributed by atoms with Crippen LogP contribution in [0.3, 0.4) is 0 Å². The molecule has 0 aliphatic heterocycles. The molecule has 0 aliphatic rings. The Kier molecular flexibility index (Phi) is 9.87. The quantitative estimate of drug-likeness (QED) is 0.279. The van der Waals surface area contributed by atoms with Crippen molar-refractivity contribution in [3.05, 3.63) is 95.6 Å². The first kappa shape index (κ1) is 27.8. The fourth-order valence-electron chi connectivity index (χ4n) is 3.35. The van der Waals surface area contributed by atoms with Gasteiger partial charge in [-0.05, 0) is 43.3 Å². The van der Waals surface area contributed by atoms with Crippen molar-refractivity contribution >= 4 is 35.1 Å². The van der Waals surface area contributed by atoms with Gasteiger partial charge in [0.15, 0.2) is 18.5 Å². The van der Waals surface area contributed by atoms with Gasteiger partial charge in [0.1, 0.15) is 5.75 Å². The highest BCUT2D eigenvalue weighted by Gasteiger charge is 2.20. The molecule has 0 saturated heterocycles. The minimum absolute atomic E-state index is 0.158. The number of rotatable bonds is 12. The smallest absolute Gasteiger partial charge is 0.338 e. The van der Waals surface area contributed by atoms with Crippen LogP contribution in [0, 0.1) is 0 Å². The number of ketones is 2. The van der Waals surface area contributed by atoms with Gasteiger partial charge in [-0.3, -0.25) is 19.2 Å². The standard InChI is InChI=1S/C29H27NO8/c1-19(28(34)20-7-4-3-5-8-20)38-29(35)21-11-13-23(14-12-21)30-26(32)15-16-27(33)37-18-25(31)22-9-6-10-24(17-22)36-2/h3-14,17,19H,15-16,18H2,1-2H3,(H,30,32)/t19-/m0/s1. The summed E-state index contributed by atoms with van der Waals surface area (Å²) in [6.07, 6.45) is -1.33. The van der Waals surface area contributed by atoms with E-state index in [-0.39, 0.29) is 30.0 Å². The number of nitrogens with one attached hydrogen (secondary N) is 1. The molecule has 0 unspecified atom stereocenters. The lowest BCUT2D eigenvalue weighted by atomic mass is 10.1. The number of anilines is 1. The molecule has 196 valence electrons. The molecule has 0 bridgehead atoms. The predicted octanol–water partition coefficient (Wildman–Crippen LogP) is 4.27. The molecule has 9 nitrogen and oxygen atoms in total. The van der Waals surface area contributed by atoms with Gasteiger partial charge in [0, 0.05) is 23.2 Å². The molecule has 0 spiro atoms. The molecular formula is C29H27NO8. The van der Waals surface area contributed by atoms with Crippen molar-refractivity contribution in [3.8, 4) is 5.75 Å². The second-order valence-corrected chi connectivity index (χ2v) is 8.22. The highest BCUT2D eigenvalue weighted by atomic mass is 16.5. The van der Waals surface area contributed by atoms with Crippen molar-refractivity contribution in [2.75, 3.05) is 19.0 Å². The molecule has 0 fully saturated rings. The normalized spacial score (nSPS) is 11.1. The van der Waals surface area contributed by atoms with Crippen LogP contribution in [-0.2, 0) is 19.1 Å². The molecule has 1 amide bonds. The van der Waals surface area contributed by atoms with E-state index < -0.39 is 30.6 Å². The molecule has 1 N–H and O–H groups in total. The summed E-state index contributed by atoms with van der Waals surface area (Å²) in [6, 6.07) is 20.9. The zero-order chi connectivity index (χ0) is 27.5. The van der Waals surface area contributed by atoms with Crippen molar-refractivity contribution < 1.29 is 38.2 Å². The maximum atomic E-state index is 12.4. The lowest BCUT2D eigenvalue weighted by molar-refractivity contribution is -0.143. The number of Topliss-reactive ketones (excluding diaryl/α,β-unsaturated/α-hetero) is 2. The third-order valence-corrected chi connectivity index (χ3v) is 5.43. The Hall–Kier alpha value is -4.79. The van der Waals surface area contributed by atoms with Gasteiger partial charge in [0.2, 0.25) is 11.7 Å². The second kappa shape index (κ2) is 13.5. The monoisotopic (exact) mass is 517 g/mol. The third kappa shape index (κ3) is 8.12. The molecule has 9 heteroatoms. The summed E-state index contributed by atoms with van der Waals surface area (Å²) in [6.45, 7) is 1.06. The lowest BCUT2D eigenvalue weighted by Gasteiger charge is -2.12. The van der Waals surface area contributed by atoms with Crippen LogP contribution in [0.15, 0.2) is 78.9 Å². The molecule has 0 saturated carbocycles. The summed E-state index contributed by atoms with van der Waals surface area (Å²) in [5, 5.41) is 2.61. The maximum Gasteiger partial charge on any atom is 0.338 e. The summed E-state index contributed by atoms with van der Waals surface area (Å²) in [5.41, 5.74) is 1.40. The molecular weight excluding hydrogens is 490 g/mol. The predicted molar refractivity (Wildman–Crippen MR) is 138 cm³/mol. The fourth-order valence-corrected chi connectivity index (χ4v) is 3.35. The SMILES string of the molecule is COc1cccc(C(=O)COC(=O)CCC(=O)Nc2ccc(C(=O)O[C@@H](C)C(=O)c3ccccc3)cc2)c1. The van der Waals surface area contributed by atoms with E-state index in [1.165, 1.54) is 38.3 Å². The Morgan fingerprint density at radius 1 is 0.789 bits per heavy atom. The van der Waals surface area contributed by atoms with Gasteiger partial charge < -0.3 is 19.5 Å². The molecule has 38 heavy (non-hydrogen) atoms. The molecule has 0 radical (unpaired) electrons. The van der Waals surface area contributed by atoms with E-state index in [2.05, 4.69) is 5.32 Å². The zero-order valence-corrected chi connectivity index (χ0v) is 21.0. The van der Waals surface area contributed by atoms with E-state index in [0.717, 1.165) is 0 Å². The van der Waals surface area contributed by atoms with Gasteiger partial charge in [0.05, 0.1) is 19.1 Å². The van der Waals surface area contributed by atoms with Crippen molar-refractivity contribution in [2.45, 2.75) is 25.9 Å². The van der Waals surface area contributed by atoms with E-state index in [1.54, 1.807) is 54.6 Å². The molecule has 3 rings (SSSR count). The largest absolute Gasteiger partial charge is 0.497 e. The van der Waals surface area contributed by atoms with Crippen LogP contribution < -0.4 is 10.1 Å². The van der Waals surface area contributed by atoms with Gasteiger partial charge in [0.25, 0.3) is 0 Å². The summed E-state index contributed by atoms with van der Waals surface area (Å²) in [5.74, 6) is -2.00. The topological polar surface area (TPSA) is 125 Å². The van der Waals surface area contributed by atoms with Crippen LogP contribution in [-0.4, -0.2) is 49.2 Å². The number of hydrogen-bond donors (Lipinski definition) is 1. The van der Waals surface area contributed by atoms with E-state index >= 15 is 0 Å². The minimum atomic E-state index is -0.963. The average Bonchev–Trinajstić information content (AvgIpc) is 2.95. The summed E-state index contributed by atoms with van der Waals surface area (Å²) in [7, 11) is 1.48. The number of ether oxygens (including phenoxy) is 3. The van der Waals surface area contributed by atoms with E-state index in [9.17, 15) is 24.0 Å². The summed E-state index contributed by atoms with van der Waals surface area (Å²) < 4.78 is 15.3. The van der Waals surface area contributed by atoms with Gasteiger partial charge in [-0.15, -0.1) is 0 Å². The van der Waals surface area contributed by atoms with Crippen molar-refractivity contribution in [3.63, 3.8) is 0 Å². The fraction of sp³-hybridized carbons (Fsp3) is 0.207. The summed E-state index contributed by atoms with van der Waals surface area (Å²) >= 11 is 0. The molecule has 0 aromatic heterocycles. The van der Waals surface area contributed by atoms with Gasteiger partial charge in [-0.2, -0.15) is 0 Å². The molecule has 0 heterocycles. The Morgan fingerprint density at radius 2 is 1.47 bits per heavy atom. The first-order chi connectivity index (χ1) is 18.3. The number of carbonyl (C=O) groups excluding carboxylic acids is 5. The number of methoxy groups -OCH3 is 1. The Labute approximate surface area is 219 Å². The highest BCUT2D eigenvalue weighted by Crippen LogP contribution is 2.15. The first-order valence-corrected chi connectivity index (χ1v) is 11.8. The number of hydrogen-bond acceptors (Lipinski definition) is 8. The molecule has 0 aliphatic carbocycles. The Morgan fingerprint density at radius 3 is 2.16 bits per heavy atom. The maximum absolute atomic E-state index is 12.4. The number of carbonyl (C=O) groups is 5. The van der Waals surface area contributed by atoms with E-state index in [1.807, 2.05) is 0 Å². The van der Waals surface area contributed by atoms with Crippen LogP contribution in [0.25, 0.3) is 0 Å². The molecule has 3 aromatic rings. The average molecular weight is 518 g/mol. The van der Waals surface area contributed by atoms with E-state index in [4.69, 9.17) is 14.2 Å². The van der Waals surface area contributed by atoms with Crippen molar-refractivity contribution in [1.29, 1.82) is 0 Å². The molecule has 1 atom stereocenters. The van der Waals surface area contributed by atoms with Crippen LogP contribution >= 0.6 is 0 Å². The second-order valence-electron chi connectivity index (χ2n) is 8.22. The minimum Gasteiger partial charge on any atom is -0.497 e. The van der Waals surface area contributed by atoms with Gasteiger partial charge in [-0.1, -0.05) is 42.5 Å². The highest BCUT2D eigenvalue weighted by molar-refractivity contribution is 6.01.